The molecule has 2 unspecified atom stereocenters. The lowest BCUT2D eigenvalue weighted by Crippen LogP contribution is -2.29. The van der Waals surface area contributed by atoms with Crippen molar-refractivity contribution in [2.45, 2.75) is 38.5 Å². The van der Waals surface area contributed by atoms with Gasteiger partial charge in [0.25, 0.3) is 0 Å². The molecule has 1 aromatic rings. The van der Waals surface area contributed by atoms with Gasteiger partial charge in [0.05, 0.1) is 0 Å². The minimum Gasteiger partial charge on any atom is -0.317 e. The van der Waals surface area contributed by atoms with E-state index < -0.39 is 0 Å². The summed E-state index contributed by atoms with van der Waals surface area (Å²) >= 11 is 1.84. The van der Waals surface area contributed by atoms with Crippen LogP contribution in [-0.4, -0.2) is 13.1 Å². The molecule has 1 aliphatic carbocycles. The zero-order chi connectivity index (χ0) is 10.5. The first-order chi connectivity index (χ1) is 7.42. The molecule has 0 radical (unpaired) electrons. The van der Waals surface area contributed by atoms with Gasteiger partial charge in [-0.3, -0.25) is 0 Å². The third kappa shape index (κ3) is 2.82. The Balaban J connectivity index is 1.99. The number of hydrogen-bond acceptors (Lipinski definition) is 2. The van der Waals surface area contributed by atoms with E-state index in [1.54, 1.807) is 5.56 Å². The Hall–Kier alpha value is -0.340. The number of hydrogen-bond donors (Lipinski definition) is 1. The Labute approximate surface area is 96.9 Å². The first kappa shape index (κ1) is 11.2. The second-order valence-corrected chi connectivity index (χ2v) is 5.30. The van der Waals surface area contributed by atoms with Crippen LogP contribution >= 0.6 is 11.3 Å². The van der Waals surface area contributed by atoms with Crippen LogP contribution in [0.1, 0.15) is 44.1 Å². The predicted octanol–water partition coefficient (Wildman–Crippen LogP) is 3.63. The second kappa shape index (κ2) is 5.66. The summed E-state index contributed by atoms with van der Waals surface area (Å²) in [6.07, 6.45) is 5.65. The third-order valence-electron chi connectivity index (χ3n) is 3.54. The van der Waals surface area contributed by atoms with Crippen molar-refractivity contribution < 1.29 is 0 Å². The van der Waals surface area contributed by atoms with E-state index in [0.717, 1.165) is 18.4 Å². The summed E-state index contributed by atoms with van der Waals surface area (Å²) < 4.78 is 0. The molecule has 1 saturated carbocycles. The number of rotatable bonds is 4. The van der Waals surface area contributed by atoms with Crippen LogP contribution in [0.3, 0.4) is 0 Å². The van der Waals surface area contributed by atoms with Crippen LogP contribution in [0.5, 0.6) is 0 Å². The van der Waals surface area contributed by atoms with E-state index in [9.17, 15) is 0 Å². The van der Waals surface area contributed by atoms with Gasteiger partial charge in [-0.15, -0.1) is 0 Å². The highest BCUT2D eigenvalue weighted by atomic mass is 32.1. The van der Waals surface area contributed by atoms with E-state index in [1.165, 1.54) is 32.2 Å². The molecular formula is C13H21NS. The monoisotopic (exact) mass is 223 g/mol. The molecule has 0 aromatic carbocycles. The smallest absolute Gasteiger partial charge is 0.00148 e. The van der Waals surface area contributed by atoms with Crippen LogP contribution in [0, 0.1) is 5.92 Å². The molecule has 0 aliphatic heterocycles. The van der Waals surface area contributed by atoms with E-state index in [0.29, 0.717) is 0 Å². The van der Waals surface area contributed by atoms with Gasteiger partial charge < -0.3 is 5.32 Å². The molecule has 1 nitrogen and oxygen atoms in total. The van der Waals surface area contributed by atoms with E-state index >= 15 is 0 Å². The largest absolute Gasteiger partial charge is 0.317 e. The van der Waals surface area contributed by atoms with Crippen molar-refractivity contribution in [3.8, 4) is 0 Å². The second-order valence-electron chi connectivity index (χ2n) is 4.52. The molecule has 15 heavy (non-hydrogen) atoms. The van der Waals surface area contributed by atoms with Crippen LogP contribution < -0.4 is 5.32 Å². The molecule has 2 atom stereocenters. The molecule has 84 valence electrons. The number of thiophene rings is 1. The van der Waals surface area contributed by atoms with Crippen molar-refractivity contribution in [3.63, 3.8) is 0 Å². The molecule has 1 N–H and O–H groups in total. The summed E-state index contributed by atoms with van der Waals surface area (Å²) in [6, 6.07) is 2.32. The SMILES string of the molecule is CCNCC1CCCCC1c1ccsc1. The normalized spacial score (nSPS) is 26.7. The van der Waals surface area contributed by atoms with Gasteiger partial charge in [-0.05, 0) is 60.2 Å². The standard InChI is InChI=1S/C13H21NS/c1-2-14-9-11-5-3-4-6-13(11)12-7-8-15-10-12/h7-8,10-11,13-14H,2-6,9H2,1H3. The molecule has 0 saturated heterocycles. The molecule has 1 aliphatic rings. The summed E-state index contributed by atoms with van der Waals surface area (Å²) in [7, 11) is 0. The van der Waals surface area contributed by atoms with Gasteiger partial charge in [0.2, 0.25) is 0 Å². The molecule has 1 heterocycles. The maximum absolute atomic E-state index is 3.51. The molecule has 2 rings (SSSR count). The summed E-state index contributed by atoms with van der Waals surface area (Å²) in [5.41, 5.74) is 1.59. The average Bonchev–Trinajstić information content (AvgIpc) is 2.80. The van der Waals surface area contributed by atoms with E-state index in [2.05, 4.69) is 29.1 Å². The Morgan fingerprint density at radius 3 is 3.00 bits per heavy atom. The first-order valence-corrected chi connectivity index (χ1v) is 7.09. The van der Waals surface area contributed by atoms with Crippen LogP contribution in [0.2, 0.25) is 0 Å². The van der Waals surface area contributed by atoms with E-state index in [1.807, 2.05) is 11.3 Å². The minimum atomic E-state index is 0.823. The first-order valence-electron chi connectivity index (χ1n) is 6.14. The van der Waals surface area contributed by atoms with Crippen molar-refractivity contribution in [1.82, 2.24) is 5.32 Å². The molecular weight excluding hydrogens is 202 g/mol. The van der Waals surface area contributed by atoms with E-state index in [4.69, 9.17) is 0 Å². The fourth-order valence-electron chi connectivity index (χ4n) is 2.71. The summed E-state index contributed by atoms with van der Waals surface area (Å²) in [5, 5.41) is 8.07. The van der Waals surface area contributed by atoms with Crippen molar-refractivity contribution in [2.24, 2.45) is 5.92 Å². The Morgan fingerprint density at radius 2 is 2.27 bits per heavy atom. The van der Waals surface area contributed by atoms with Crippen molar-refractivity contribution >= 4 is 11.3 Å². The fourth-order valence-corrected chi connectivity index (χ4v) is 3.43. The lowest BCUT2D eigenvalue weighted by atomic mass is 9.76. The molecule has 2 heteroatoms. The molecule has 1 aromatic heterocycles. The highest BCUT2D eigenvalue weighted by molar-refractivity contribution is 7.07. The van der Waals surface area contributed by atoms with E-state index in [-0.39, 0.29) is 0 Å². The molecule has 0 amide bonds. The fraction of sp³-hybridized carbons (Fsp3) is 0.692. The zero-order valence-electron chi connectivity index (χ0n) is 9.54. The lowest BCUT2D eigenvalue weighted by Gasteiger charge is -2.31. The molecule has 0 bridgehead atoms. The summed E-state index contributed by atoms with van der Waals surface area (Å²) in [5.74, 6) is 1.69. The van der Waals surface area contributed by atoms with Gasteiger partial charge in [0.1, 0.15) is 0 Å². The van der Waals surface area contributed by atoms with Gasteiger partial charge in [-0.25, -0.2) is 0 Å². The average molecular weight is 223 g/mol. The highest BCUT2D eigenvalue weighted by Gasteiger charge is 2.25. The van der Waals surface area contributed by atoms with Crippen LogP contribution in [0.4, 0.5) is 0 Å². The molecule has 0 spiro atoms. The Bertz CT molecular complexity index is 268. The predicted molar refractivity (Wildman–Crippen MR) is 67.6 cm³/mol. The van der Waals surface area contributed by atoms with Gasteiger partial charge in [-0.2, -0.15) is 11.3 Å². The Kier molecular flexibility index (Phi) is 4.21. The van der Waals surface area contributed by atoms with Crippen molar-refractivity contribution in [3.05, 3.63) is 22.4 Å². The van der Waals surface area contributed by atoms with Crippen molar-refractivity contribution in [2.75, 3.05) is 13.1 Å². The van der Waals surface area contributed by atoms with Crippen LogP contribution in [0.15, 0.2) is 16.8 Å². The van der Waals surface area contributed by atoms with Gasteiger partial charge in [-0.1, -0.05) is 19.8 Å². The zero-order valence-corrected chi connectivity index (χ0v) is 10.4. The summed E-state index contributed by atoms with van der Waals surface area (Å²) in [4.78, 5) is 0. The summed E-state index contributed by atoms with van der Waals surface area (Å²) in [6.45, 7) is 4.51. The quantitative estimate of drug-likeness (QED) is 0.822. The van der Waals surface area contributed by atoms with Gasteiger partial charge >= 0.3 is 0 Å². The third-order valence-corrected chi connectivity index (χ3v) is 4.24. The highest BCUT2D eigenvalue weighted by Crippen LogP contribution is 2.38. The molecule has 1 fully saturated rings. The van der Waals surface area contributed by atoms with Crippen molar-refractivity contribution in [1.29, 1.82) is 0 Å². The van der Waals surface area contributed by atoms with Crippen LogP contribution in [0.25, 0.3) is 0 Å². The number of nitrogens with one attached hydrogen (secondary N) is 1. The Morgan fingerprint density at radius 1 is 1.40 bits per heavy atom. The maximum Gasteiger partial charge on any atom is -0.00148 e. The van der Waals surface area contributed by atoms with Gasteiger partial charge in [0.15, 0.2) is 0 Å². The van der Waals surface area contributed by atoms with Crippen LogP contribution in [-0.2, 0) is 0 Å². The topological polar surface area (TPSA) is 12.0 Å². The maximum atomic E-state index is 3.51. The lowest BCUT2D eigenvalue weighted by molar-refractivity contribution is 0.298. The van der Waals surface area contributed by atoms with Gasteiger partial charge in [0, 0.05) is 0 Å². The minimum absolute atomic E-state index is 0.823.